The molecule has 2 N–H and O–H groups in total. The molecule has 0 spiro atoms. The lowest BCUT2D eigenvalue weighted by Gasteiger charge is -2.13. The molecule has 2 aromatic heterocycles. The number of aliphatic hydroxyl groups is 1. The third-order valence-electron chi connectivity index (χ3n) is 5.16. The lowest BCUT2D eigenvalue weighted by Crippen LogP contribution is -2.40. The van der Waals surface area contributed by atoms with Crippen LogP contribution in [0.25, 0.3) is 11.2 Å². The molecule has 8 heteroatoms. The number of aliphatic hydroxyl groups excluding tert-OH is 1. The third kappa shape index (κ3) is 4.15. The summed E-state index contributed by atoms with van der Waals surface area (Å²) in [5.74, 6) is 0.435. The summed E-state index contributed by atoms with van der Waals surface area (Å²) in [4.78, 5) is 31.0. The third-order valence-corrected chi connectivity index (χ3v) is 5.16. The van der Waals surface area contributed by atoms with Crippen LogP contribution in [0.1, 0.15) is 18.1 Å². The summed E-state index contributed by atoms with van der Waals surface area (Å²) < 4.78 is 4.41. The Labute approximate surface area is 179 Å². The minimum Gasteiger partial charge on any atom is -0.392 e. The number of rotatable bonds is 7. The van der Waals surface area contributed by atoms with Gasteiger partial charge in [0.2, 0.25) is 5.95 Å². The van der Waals surface area contributed by atoms with Crippen LogP contribution in [0.5, 0.6) is 0 Å². The molecule has 0 saturated carbocycles. The predicted molar refractivity (Wildman–Crippen MR) is 120 cm³/mol. The molecule has 160 valence electrons. The predicted octanol–water partition coefficient (Wildman–Crippen LogP) is 1.79. The molecule has 0 unspecified atom stereocenters. The second-order valence-corrected chi connectivity index (χ2v) is 7.63. The Morgan fingerprint density at radius 1 is 0.935 bits per heavy atom. The molecular weight excluding hydrogens is 394 g/mol. The molecule has 8 nitrogen and oxygen atoms in total. The highest BCUT2D eigenvalue weighted by Crippen LogP contribution is 2.18. The number of anilines is 1. The van der Waals surface area contributed by atoms with Crippen molar-refractivity contribution in [1.82, 2.24) is 18.7 Å². The van der Waals surface area contributed by atoms with Gasteiger partial charge in [0.1, 0.15) is 0 Å². The van der Waals surface area contributed by atoms with Gasteiger partial charge in [0.15, 0.2) is 11.2 Å². The molecule has 0 fully saturated rings. The van der Waals surface area contributed by atoms with Crippen molar-refractivity contribution in [2.75, 3.05) is 11.9 Å². The molecule has 0 amide bonds. The monoisotopic (exact) mass is 419 g/mol. The maximum atomic E-state index is 13.5. The molecule has 0 radical (unpaired) electrons. The Morgan fingerprint density at radius 3 is 2.03 bits per heavy atom. The van der Waals surface area contributed by atoms with Crippen LogP contribution in [0.2, 0.25) is 0 Å². The van der Waals surface area contributed by atoms with Crippen molar-refractivity contribution in [1.29, 1.82) is 0 Å². The van der Waals surface area contributed by atoms with Crippen molar-refractivity contribution in [3.05, 3.63) is 92.6 Å². The fourth-order valence-electron chi connectivity index (χ4n) is 3.57. The van der Waals surface area contributed by atoms with Gasteiger partial charge in [0.25, 0.3) is 5.56 Å². The Bertz CT molecular complexity index is 1300. The van der Waals surface area contributed by atoms with E-state index >= 15 is 0 Å². The number of benzene rings is 2. The van der Waals surface area contributed by atoms with Gasteiger partial charge in [0.05, 0.1) is 19.2 Å². The van der Waals surface area contributed by atoms with Crippen LogP contribution >= 0.6 is 0 Å². The summed E-state index contributed by atoms with van der Waals surface area (Å²) in [6, 6.07) is 19.1. The summed E-state index contributed by atoms with van der Waals surface area (Å²) in [5.41, 5.74) is 1.69. The van der Waals surface area contributed by atoms with Crippen LogP contribution in [0, 0.1) is 0 Å². The van der Waals surface area contributed by atoms with Crippen molar-refractivity contribution < 1.29 is 5.11 Å². The maximum Gasteiger partial charge on any atom is 0.332 e. The lowest BCUT2D eigenvalue weighted by atomic mass is 10.2. The Kier molecular flexibility index (Phi) is 5.73. The largest absolute Gasteiger partial charge is 0.392 e. The Morgan fingerprint density at radius 2 is 1.48 bits per heavy atom. The van der Waals surface area contributed by atoms with Crippen LogP contribution in [-0.4, -0.2) is 36.4 Å². The molecule has 0 aliphatic carbocycles. The molecular formula is C23H25N5O3. The van der Waals surface area contributed by atoms with E-state index in [1.165, 1.54) is 9.13 Å². The van der Waals surface area contributed by atoms with E-state index < -0.39 is 17.4 Å². The van der Waals surface area contributed by atoms with Gasteiger partial charge in [-0.2, -0.15) is 4.98 Å². The van der Waals surface area contributed by atoms with Gasteiger partial charge in [-0.1, -0.05) is 60.7 Å². The van der Waals surface area contributed by atoms with Crippen molar-refractivity contribution in [3.63, 3.8) is 0 Å². The van der Waals surface area contributed by atoms with E-state index in [0.29, 0.717) is 23.7 Å². The molecule has 4 aromatic rings. The first kappa shape index (κ1) is 20.6. The number of aryl methyl sites for hydroxylation is 1. The highest BCUT2D eigenvalue weighted by atomic mass is 16.3. The van der Waals surface area contributed by atoms with Crippen LogP contribution in [0.4, 0.5) is 5.95 Å². The molecule has 0 aliphatic heterocycles. The van der Waals surface area contributed by atoms with Gasteiger partial charge in [0, 0.05) is 13.6 Å². The number of nitrogens with zero attached hydrogens (tertiary/aromatic N) is 4. The smallest absolute Gasteiger partial charge is 0.332 e. The van der Waals surface area contributed by atoms with Gasteiger partial charge in [-0.15, -0.1) is 0 Å². The maximum absolute atomic E-state index is 13.5. The van der Waals surface area contributed by atoms with Crippen molar-refractivity contribution in [3.8, 4) is 0 Å². The van der Waals surface area contributed by atoms with Crippen molar-refractivity contribution in [2.24, 2.45) is 7.05 Å². The summed E-state index contributed by atoms with van der Waals surface area (Å²) in [5, 5.41) is 12.8. The minimum atomic E-state index is -0.594. The SMILES string of the molecule is C[C@H](O)CNc1nc2c(c(=O)n(Cc3ccccc3)c(=O)n2C)n1Cc1ccccc1. The van der Waals surface area contributed by atoms with Gasteiger partial charge in [-0.25, -0.2) is 4.79 Å². The first-order chi connectivity index (χ1) is 15.0. The van der Waals surface area contributed by atoms with E-state index in [1.807, 2.05) is 60.7 Å². The highest BCUT2D eigenvalue weighted by molar-refractivity contribution is 5.74. The summed E-state index contributed by atoms with van der Waals surface area (Å²) in [6.45, 7) is 2.51. The number of imidazole rings is 1. The zero-order chi connectivity index (χ0) is 22.0. The summed E-state index contributed by atoms with van der Waals surface area (Å²) in [6.07, 6.45) is -0.594. The zero-order valence-electron chi connectivity index (χ0n) is 17.5. The standard InChI is InChI=1S/C23H25N5O3/c1-16(29)13-24-22-25-20-19(27(22)14-17-9-5-3-6-10-17)21(30)28(23(31)26(20)2)15-18-11-7-4-8-12-18/h3-12,16,29H,13-15H2,1-2H3,(H,24,25)/t16-/m0/s1. The zero-order valence-corrected chi connectivity index (χ0v) is 17.5. The van der Waals surface area contributed by atoms with Crippen LogP contribution in [0.3, 0.4) is 0 Å². The quantitative estimate of drug-likeness (QED) is 0.476. The molecule has 2 heterocycles. The number of fused-ring (bicyclic) bond motifs is 1. The molecule has 1 atom stereocenters. The average Bonchev–Trinajstić information content (AvgIpc) is 3.13. The van der Waals surface area contributed by atoms with Crippen LogP contribution in [0.15, 0.2) is 70.3 Å². The number of aromatic nitrogens is 4. The summed E-state index contributed by atoms with van der Waals surface area (Å²) >= 11 is 0. The Hall–Kier alpha value is -3.65. The van der Waals surface area contributed by atoms with Crippen molar-refractivity contribution in [2.45, 2.75) is 26.1 Å². The molecule has 0 aliphatic rings. The number of nitrogens with one attached hydrogen (secondary N) is 1. The molecule has 4 rings (SSSR count). The van der Waals surface area contributed by atoms with Crippen LogP contribution < -0.4 is 16.6 Å². The van der Waals surface area contributed by atoms with E-state index in [1.54, 1.807) is 18.5 Å². The van der Waals surface area contributed by atoms with E-state index in [9.17, 15) is 14.7 Å². The van der Waals surface area contributed by atoms with Crippen molar-refractivity contribution >= 4 is 17.1 Å². The normalized spacial score (nSPS) is 12.2. The van der Waals surface area contributed by atoms with E-state index in [-0.39, 0.29) is 13.1 Å². The van der Waals surface area contributed by atoms with Gasteiger partial charge >= 0.3 is 5.69 Å². The van der Waals surface area contributed by atoms with Gasteiger partial charge < -0.3 is 10.4 Å². The van der Waals surface area contributed by atoms with Crippen LogP contribution in [-0.2, 0) is 20.1 Å². The minimum absolute atomic E-state index is 0.176. The highest BCUT2D eigenvalue weighted by Gasteiger charge is 2.21. The van der Waals surface area contributed by atoms with E-state index in [0.717, 1.165) is 11.1 Å². The molecule has 2 aromatic carbocycles. The van der Waals surface area contributed by atoms with E-state index in [2.05, 4.69) is 10.3 Å². The average molecular weight is 419 g/mol. The fourth-order valence-corrected chi connectivity index (χ4v) is 3.57. The molecule has 0 bridgehead atoms. The molecule has 31 heavy (non-hydrogen) atoms. The first-order valence-corrected chi connectivity index (χ1v) is 10.2. The van der Waals surface area contributed by atoms with E-state index in [4.69, 9.17) is 0 Å². The Balaban J connectivity index is 1.91. The first-order valence-electron chi connectivity index (χ1n) is 10.2. The van der Waals surface area contributed by atoms with Gasteiger partial charge in [-0.05, 0) is 18.1 Å². The lowest BCUT2D eigenvalue weighted by molar-refractivity contribution is 0.208. The number of hydrogen-bond acceptors (Lipinski definition) is 5. The fraction of sp³-hybridized carbons (Fsp3) is 0.261. The second kappa shape index (κ2) is 8.61. The summed E-state index contributed by atoms with van der Waals surface area (Å²) in [7, 11) is 1.61. The second-order valence-electron chi connectivity index (χ2n) is 7.63. The van der Waals surface area contributed by atoms with Gasteiger partial charge in [-0.3, -0.25) is 18.5 Å². The molecule has 0 saturated heterocycles. The topological polar surface area (TPSA) is 94.1 Å². The number of hydrogen-bond donors (Lipinski definition) is 2.